The van der Waals surface area contributed by atoms with Gasteiger partial charge in [0.05, 0.1) is 6.42 Å². The Kier molecular flexibility index (Phi) is 4.03. The average molecular weight is 302 g/mol. The maximum atomic E-state index is 11.7. The summed E-state index contributed by atoms with van der Waals surface area (Å²) in [7, 11) is 0. The van der Waals surface area contributed by atoms with Crippen molar-refractivity contribution in [3.05, 3.63) is 22.4 Å². The van der Waals surface area contributed by atoms with Crippen molar-refractivity contribution in [1.29, 1.82) is 0 Å². The third kappa shape index (κ3) is 3.32. The van der Waals surface area contributed by atoms with E-state index in [1.807, 2.05) is 17.5 Å². The number of amides is 1. The lowest BCUT2D eigenvalue weighted by molar-refractivity contribution is -0.120. The molecule has 0 radical (unpaired) electrons. The molecule has 1 N–H and O–H groups in total. The lowest BCUT2D eigenvalue weighted by atomic mass is 10.0. The van der Waals surface area contributed by atoms with E-state index in [-0.39, 0.29) is 5.91 Å². The van der Waals surface area contributed by atoms with Crippen molar-refractivity contribution < 1.29 is 4.79 Å². The summed E-state index contributed by atoms with van der Waals surface area (Å²) in [6.45, 7) is 0.850. The first kappa shape index (κ1) is 12.1. The first-order chi connectivity index (χ1) is 7.74. The van der Waals surface area contributed by atoms with Crippen LogP contribution in [0.15, 0.2) is 17.5 Å². The van der Waals surface area contributed by atoms with Gasteiger partial charge in [-0.15, -0.1) is 11.3 Å². The van der Waals surface area contributed by atoms with Crippen LogP contribution in [0.5, 0.6) is 0 Å². The number of rotatable bonds is 6. The number of thiophene rings is 1. The Bertz CT molecular complexity index is 346. The van der Waals surface area contributed by atoms with Crippen LogP contribution in [0.3, 0.4) is 0 Å². The van der Waals surface area contributed by atoms with E-state index in [9.17, 15) is 4.79 Å². The molecule has 0 unspecified atom stereocenters. The largest absolute Gasteiger partial charge is 0.355 e. The van der Waals surface area contributed by atoms with Gasteiger partial charge < -0.3 is 5.32 Å². The van der Waals surface area contributed by atoms with Crippen LogP contribution in [0.1, 0.15) is 24.1 Å². The lowest BCUT2D eigenvalue weighted by Crippen LogP contribution is -2.31. The molecule has 1 aromatic heterocycles. The molecule has 88 valence electrons. The number of alkyl halides is 1. The highest BCUT2D eigenvalue weighted by atomic mass is 79.9. The predicted molar refractivity (Wildman–Crippen MR) is 71.1 cm³/mol. The van der Waals surface area contributed by atoms with Crippen LogP contribution in [0.25, 0.3) is 0 Å². The van der Waals surface area contributed by atoms with Gasteiger partial charge in [0.15, 0.2) is 0 Å². The number of hydrogen-bond donors (Lipinski definition) is 1. The third-order valence-corrected chi connectivity index (χ3v) is 4.43. The van der Waals surface area contributed by atoms with Crippen LogP contribution >= 0.6 is 27.3 Å². The molecule has 0 saturated heterocycles. The van der Waals surface area contributed by atoms with Crippen LogP contribution in [0.4, 0.5) is 0 Å². The minimum absolute atomic E-state index is 0.156. The molecule has 2 nitrogen and oxygen atoms in total. The molecule has 0 aromatic carbocycles. The summed E-state index contributed by atoms with van der Waals surface area (Å²) in [6, 6.07) is 4.00. The highest BCUT2D eigenvalue weighted by molar-refractivity contribution is 9.09. The molecule has 2 rings (SSSR count). The monoisotopic (exact) mass is 301 g/mol. The summed E-state index contributed by atoms with van der Waals surface area (Å²) >= 11 is 5.11. The topological polar surface area (TPSA) is 29.1 Å². The molecule has 0 spiro atoms. The van der Waals surface area contributed by atoms with Gasteiger partial charge in [0.25, 0.3) is 0 Å². The van der Waals surface area contributed by atoms with Crippen LogP contribution in [0, 0.1) is 5.41 Å². The highest BCUT2D eigenvalue weighted by Gasteiger charge is 2.41. The van der Waals surface area contributed by atoms with Crippen molar-refractivity contribution in [3.63, 3.8) is 0 Å². The van der Waals surface area contributed by atoms with Crippen molar-refractivity contribution in [2.24, 2.45) is 5.41 Å². The fraction of sp³-hybridized carbons (Fsp3) is 0.583. The molecule has 16 heavy (non-hydrogen) atoms. The Morgan fingerprint density at radius 2 is 2.38 bits per heavy atom. The normalized spacial score (nSPS) is 17.1. The van der Waals surface area contributed by atoms with Gasteiger partial charge in [-0.2, -0.15) is 0 Å². The smallest absolute Gasteiger partial charge is 0.225 e. The molecule has 0 atom stereocenters. The lowest BCUT2D eigenvalue weighted by Gasteiger charge is -2.14. The number of carbonyl (C=O) groups is 1. The second kappa shape index (κ2) is 5.32. The predicted octanol–water partition coefficient (Wildman–Crippen LogP) is 2.97. The number of carbonyl (C=O) groups excluding carboxylic acids is 1. The average Bonchev–Trinajstić information content (AvgIpc) is 2.83. The van der Waals surface area contributed by atoms with Crippen LogP contribution < -0.4 is 5.32 Å². The fourth-order valence-electron chi connectivity index (χ4n) is 1.81. The van der Waals surface area contributed by atoms with Gasteiger partial charge in [0.2, 0.25) is 5.91 Å². The summed E-state index contributed by atoms with van der Waals surface area (Å²) in [5, 5.41) is 6.10. The molecule has 1 amide bonds. The number of hydrogen-bond acceptors (Lipinski definition) is 2. The zero-order chi connectivity index (χ0) is 11.4. The van der Waals surface area contributed by atoms with Gasteiger partial charge in [-0.3, -0.25) is 4.79 Å². The van der Waals surface area contributed by atoms with Crippen LogP contribution in [-0.2, 0) is 11.2 Å². The van der Waals surface area contributed by atoms with Crippen molar-refractivity contribution >= 4 is 33.2 Å². The molecule has 0 bridgehead atoms. The van der Waals surface area contributed by atoms with Gasteiger partial charge in [-0.25, -0.2) is 0 Å². The maximum absolute atomic E-state index is 11.7. The first-order valence-electron chi connectivity index (χ1n) is 5.59. The van der Waals surface area contributed by atoms with Crippen molar-refractivity contribution in [2.75, 3.05) is 11.9 Å². The second-order valence-electron chi connectivity index (χ2n) is 4.47. The molecule has 1 saturated carbocycles. The fourth-order valence-corrected chi connectivity index (χ4v) is 3.36. The van der Waals surface area contributed by atoms with Crippen LogP contribution in [0.2, 0.25) is 0 Å². The van der Waals surface area contributed by atoms with Crippen molar-refractivity contribution in [2.45, 2.75) is 25.7 Å². The van der Waals surface area contributed by atoms with Gasteiger partial charge in [-0.1, -0.05) is 22.0 Å². The maximum Gasteiger partial charge on any atom is 0.225 e. The Morgan fingerprint density at radius 3 is 2.94 bits per heavy atom. The van der Waals surface area contributed by atoms with Crippen molar-refractivity contribution in [1.82, 2.24) is 5.32 Å². The zero-order valence-corrected chi connectivity index (χ0v) is 11.6. The van der Waals surface area contributed by atoms with Crippen molar-refractivity contribution in [3.8, 4) is 0 Å². The van der Waals surface area contributed by atoms with Gasteiger partial charge in [0.1, 0.15) is 0 Å². The quantitative estimate of drug-likeness (QED) is 0.804. The van der Waals surface area contributed by atoms with E-state index < -0.39 is 0 Å². The summed E-state index contributed by atoms with van der Waals surface area (Å²) in [5.74, 6) is 0.156. The summed E-state index contributed by atoms with van der Waals surface area (Å²) < 4.78 is 0. The highest BCUT2D eigenvalue weighted by Crippen LogP contribution is 2.48. The molecule has 1 heterocycles. The van der Waals surface area contributed by atoms with Gasteiger partial charge in [0, 0.05) is 16.8 Å². The minimum Gasteiger partial charge on any atom is -0.355 e. The standard InChI is InChI=1S/C12H16BrNOS/c13-6-5-12(3-4-12)9-14-11(15)8-10-2-1-7-16-10/h1-2,7H,3-6,8-9H2,(H,14,15). The SMILES string of the molecule is O=C(Cc1cccs1)NCC1(CCBr)CC1. The number of nitrogens with one attached hydrogen (secondary N) is 1. The first-order valence-corrected chi connectivity index (χ1v) is 7.59. The van der Waals surface area contributed by atoms with Gasteiger partial charge >= 0.3 is 0 Å². The number of halogens is 1. The van der Waals surface area contributed by atoms with Crippen LogP contribution in [-0.4, -0.2) is 17.8 Å². The Morgan fingerprint density at radius 1 is 1.56 bits per heavy atom. The zero-order valence-electron chi connectivity index (χ0n) is 9.17. The van der Waals surface area contributed by atoms with E-state index >= 15 is 0 Å². The Balaban J connectivity index is 1.72. The van der Waals surface area contributed by atoms with E-state index in [0.29, 0.717) is 11.8 Å². The second-order valence-corrected chi connectivity index (χ2v) is 6.30. The molecule has 1 aliphatic rings. The molecule has 1 aromatic rings. The molecule has 1 fully saturated rings. The van der Waals surface area contributed by atoms with E-state index in [0.717, 1.165) is 16.8 Å². The molecular formula is C12H16BrNOS. The van der Waals surface area contributed by atoms with E-state index in [1.165, 1.54) is 19.3 Å². The molecule has 1 aliphatic carbocycles. The molecule has 4 heteroatoms. The molecular weight excluding hydrogens is 286 g/mol. The summed E-state index contributed by atoms with van der Waals surface area (Å²) in [4.78, 5) is 12.8. The third-order valence-electron chi connectivity index (χ3n) is 3.16. The Hall–Kier alpha value is -0.350. The molecule has 0 aliphatic heterocycles. The Labute approximate surface area is 109 Å². The summed E-state index contributed by atoms with van der Waals surface area (Å²) in [6.07, 6.45) is 4.23. The van der Waals surface area contributed by atoms with E-state index in [4.69, 9.17) is 0 Å². The van der Waals surface area contributed by atoms with Gasteiger partial charge in [-0.05, 0) is 36.1 Å². The van der Waals surface area contributed by atoms with E-state index in [1.54, 1.807) is 11.3 Å². The van der Waals surface area contributed by atoms with E-state index in [2.05, 4.69) is 21.2 Å². The minimum atomic E-state index is 0.156. The summed E-state index contributed by atoms with van der Waals surface area (Å²) in [5.41, 5.74) is 0.411.